The molecular weight excluding hydrogens is 458 g/mol. The fraction of sp³-hybridized carbons (Fsp3) is 0.182. The van der Waals surface area contributed by atoms with Gasteiger partial charge in [0, 0.05) is 19.8 Å². The van der Waals surface area contributed by atoms with Gasteiger partial charge in [-0.05, 0) is 40.8 Å². The van der Waals surface area contributed by atoms with Gasteiger partial charge in [0.15, 0.2) is 5.01 Å². The van der Waals surface area contributed by atoms with Crippen molar-refractivity contribution in [2.45, 2.75) is 12.3 Å². The van der Waals surface area contributed by atoms with Crippen LogP contribution in [-0.2, 0) is 6.18 Å². The zero-order valence-corrected chi connectivity index (χ0v) is 13.6. The molecule has 1 heterocycles. The van der Waals surface area contributed by atoms with E-state index in [1.807, 2.05) is 6.07 Å². The largest absolute Gasteiger partial charge is 0.443 e. The van der Waals surface area contributed by atoms with E-state index >= 15 is 0 Å². The molecule has 0 saturated carbocycles. The molecule has 2 nitrogen and oxygen atoms in total. The smallest absolute Gasteiger partial charge is 0.383 e. The number of hydrogen-bond donors (Lipinski definition) is 1. The Bertz CT molecular complexity index is 602. The van der Waals surface area contributed by atoms with E-state index in [4.69, 9.17) is 0 Å². The van der Waals surface area contributed by atoms with Crippen molar-refractivity contribution >= 4 is 49.9 Å². The van der Waals surface area contributed by atoms with E-state index < -0.39 is 17.3 Å². The van der Waals surface area contributed by atoms with E-state index in [0.717, 1.165) is 9.77 Å². The lowest BCUT2D eigenvalue weighted by Crippen LogP contribution is -2.03. The second-order valence-electron chi connectivity index (χ2n) is 3.63. The van der Waals surface area contributed by atoms with Gasteiger partial charge in [0.05, 0.1) is 4.88 Å². The highest BCUT2D eigenvalue weighted by molar-refractivity contribution is 14.1. The number of rotatable bonds is 2. The third-order valence-electron chi connectivity index (χ3n) is 2.29. The van der Waals surface area contributed by atoms with Crippen LogP contribution < -0.4 is 0 Å². The summed E-state index contributed by atoms with van der Waals surface area (Å²) in [6.45, 7) is 0. The van der Waals surface area contributed by atoms with Gasteiger partial charge >= 0.3 is 6.18 Å². The molecule has 0 fully saturated rings. The molecule has 2 rings (SSSR count). The topological polar surface area (TPSA) is 33.1 Å². The van der Waals surface area contributed by atoms with Crippen molar-refractivity contribution in [3.8, 4) is 0 Å². The van der Waals surface area contributed by atoms with E-state index in [0.29, 0.717) is 21.4 Å². The SMILES string of the molecule is OC(c1cnc(C(F)(F)F)s1)c1cc(I)ccc1Br. The van der Waals surface area contributed by atoms with Gasteiger partial charge in [-0.2, -0.15) is 13.2 Å². The number of halogens is 5. The summed E-state index contributed by atoms with van der Waals surface area (Å²) in [5, 5.41) is 9.19. The van der Waals surface area contributed by atoms with Crippen LogP contribution in [0.4, 0.5) is 13.2 Å². The normalized spacial score (nSPS) is 13.6. The summed E-state index contributed by atoms with van der Waals surface area (Å²) in [4.78, 5) is 3.46. The van der Waals surface area contributed by atoms with Crippen LogP contribution in [0.15, 0.2) is 28.9 Å². The van der Waals surface area contributed by atoms with Crippen LogP contribution in [0.1, 0.15) is 21.6 Å². The third kappa shape index (κ3) is 3.47. The summed E-state index contributed by atoms with van der Waals surface area (Å²) in [5.41, 5.74) is 0.518. The molecule has 1 aromatic carbocycles. The first kappa shape index (κ1) is 15.2. The van der Waals surface area contributed by atoms with E-state index in [2.05, 4.69) is 43.5 Å². The molecule has 0 aliphatic carbocycles. The van der Waals surface area contributed by atoms with Crippen LogP contribution in [0.3, 0.4) is 0 Å². The first-order chi connectivity index (χ1) is 8.79. The zero-order valence-electron chi connectivity index (χ0n) is 9.08. The first-order valence-electron chi connectivity index (χ1n) is 4.95. The molecule has 0 aliphatic rings. The molecule has 2 aromatic rings. The molecular formula is C11H6BrF3INOS. The molecule has 1 N–H and O–H groups in total. The number of thiazole rings is 1. The predicted octanol–water partition coefficient (Wildman–Crippen LogP) is 4.61. The minimum atomic E-state index is -4.48. The summed E-state index contributed by atoms with van der Waals surface area (Å²) in [7, 11) is 0. The van der Waals surface area contributed by atoms with Crippen LogP contribution in [0.2, 0.25) is 0 Å². The Morgan fingerprint density at radius 3 is 2.63 bits per heavy atom. The van der Waals surface area contributed by atoms with Gasteiger partial charge in [0.1, 0.15) is 6.10 Å². The highest BCUT2D eigenvalue weighted by Gasteiger charge is 2.35. The molecule has 19 heavy (non-hydrogen) atoms. The molecule has 1 atom stereocenters. The Morgan fingerprint density at radius 1 is 1.37 bits per heavy atom. The molecule has 0 bridgehead atoms. The van der Waals surface area contributed by atoms with Gasteiger partial charge in [-0.1, -0.05) is 15.9 Å². The van der Waals surface area contributed by atoms with Gasteiger partial charge in [-0.25, -0.2) is 4.98 Å². The van der Waals surface area contributed by atoms with Crippen molar-refractivity contribution in [2.75, 3.05) is 0 Å². The maximum atomic E-state index is 12.5. The van der Waals surface area contributed by atoms with Gasteiger partial charge in [-0.15, -0.1) is 11.3 Å². The van der Waals surface area contributed by atoms with Crippen molar-refractivity contribution in [3.05, 3.63) is 47.9 Å². The van der Waals surface area contributed by atoms with E-state index in [1.54, 1.807) is 12.1 Å². The van der Waals surface area contributed by atoms with Crippen molar-refractivity contribution in [1.29, 1.82) is 0 Å². The minimum absolute atomic E-state index is 0.162. The van der Waals surface area contributed by atoms with Crippen LogP contribution >= 0.6 is 49.9 Å². The monoisotopic (exact) mass is 463 g/mol. The lowest BCUT2D eigenvalue weighted by molar-refractivity contribution is -0.137. The van der Waals surface area contributed by atoms with Crippen LogP contribution in [-0.4, -0.2) is 10.1 Å². The molecule has 0 radical (unpaired) electrons. The number of benzene rings is 1. The number of nitrogens with zero attached hydrogens (tertiary/aromatic N) is 1. The number of aromatic nitrogens is 1. The Kier molecular flexibility index (Phi) is 4.53. The zero-order chi connectivity index (χ0) is 14.2. The molecule has 8 heteroatoms. The number of aliphatic hydroxyl groups excluding tert-OH is 1. The summed E-state index contributed by atoms with van der Waals surface area (Å²) in [6.07, 6.45) is -4.55. The van der Waals surface area contributed by atoms with Crippen LogP contribution in [0.25, 0.3) is 0 Å². The fourth-order valence-electron chi connectivity index (χ4n) is 1.42. The predicted molar refractivity (Wildman–Crippen MR) is 78.0 cm³/mol. The number of hydrogen-bond acceptors (Lipinski definition) is 3. The highest BCUT2D eigenvalue weighted by Crippen LogP contribution is 2.37. The third-order valence-corrected chi connectivity index (χ3v) is 4.78. The van der Waals surface area contributed by atoms with Crippen molar-refractivity contribution < 1.29 is 18.3 Å². The molecule has 0 spiro atoms. The van der Waals surface area contributed by atoms with Crippen molar-refractivity contribution in [1.82, 2.24) is 4.98 Å². The summed E-state index contributed by atoms with van der Waals surface area (Å²) in [6, 6.07) is 5.28. The number of alkyl halides is 3. The summed E-state index contributed by atoms with van der Waals surface area (Å²) < 4.78 is 38.9. The minimum Gasteiger partial charge on any atom is -0.383 e. The van der Waals surface area contributed by atoms with Gasteiger partial charge in [-0.3, -0.25) is 0 Å². The fourth-order valence-corrected chi connectivity index (χ4v) is 3.19. The quantitative estimate of drug-likeness (QED) is 0.660. The van der Waals surface area contributed by atoms with Gasteiger partial charge in [0.25, 0.3) is 0 Å². The van der Waals surface area contributed by atoms with Crippen LogP contribution in [0.5, 0.6) is 0 Å². The number of aliphatic hydroxyl groups is 1. The molecule has 0 amide bonds. The molecule has 0 saturated heterocycles. The summed E-state index contributed by atoms with van der Waals surface area (Å²) in [5.74, 6) is 0. The van der Waals surface area contributed by atoms with Crippen molar-refractivity contribution in [3.63, 3.8) is 0 Å². The lowest BCUT2D eigenvalue weighted by Gasteiger charge is -2.11. The molecule has 0 aliphatic heterocycles. The summed E-state index contributed by atoms with van der Waals surface area (Å²) >= 11 is 5.79. The Hall–Kier alpha value is -0.190. The second kappa shape index (κ2) is 5.66. The average Bonchev–Trinajstić information content (AvgIpc) is 2.80. The molecule has 102 valence electrons. The molecule has 1 aromatic heterocycles. The van der Waals surface area contributed by atoms with Gasteiger partial charge < -0.3 is 5.11 Å². The highest BCUT2D eigenvalue weighted by atomic mass is 127. The Labute approximate surface area is 132 Å². The lowest BCUT2D eigenvalue weighted by atomic mass is 10.1. The van der Waals surface area contributed by atoms with Crippen LogP contribution in [0, 0.1) is 3.57 Å². The Balaban J connectivity index is 2.36. The Morgan fingerprint density at radius 2 is 2.05 bits per heavy atom. The van der Waals surface area contributed by atoms with E-state index in [1.165, 1.54) is 0 Å². The van der Waals surface area contributed by atoms with E-state index in [9.17, 15) is 18.3 Å². The maximum Gasteiger partial charge on any atom is 0.443 e. The van der Waals surface area contributed by atoms with Crippen molar-refractivity contribution in [2.24, 2.45) is 0 Å². The first-order valence-corrected chi connectivity index (χ1v) is 7.64. The second-order valence-corrected chi connectivity index (χ2v) is 6.80. The van der Waals surface area contributed by atoms with E-state index in [-0.39, 0.29) is 4.88 Å². The molecule has 1 unspecified atom stereocenters. The average molecular weight is 464 g/mol. The standard InChI is InChI=1S/C11H6BrF3INOS/c12-7-2-1-5(16)3-6(7)9(18)8-4-17-10(19-8)11(13,14)15/h1-4,9,18H. The van der Waals surface area contributed by atoms with Gasteiger partial charge in [0.2, 0.25) is 0 Å². The maximum absolute atomic E-state index is 12.5.